The van der Waals surface area contributed by atoms with Crippen molar-refractivity contribution in [3.05, 3.63) is 75.6 Å². The Morgan fingerprint density at radius 2 is 1.56 bits per heavy atom. The Balaban J connectivity index is 2.91. The third-order valence-corrected chi connectivity index (χ3v) is 3.54. The second-order valence-electron chi connectivity index (χ2n) is 5.07. The highest BCUT2D eigenvalue weighted by Crippen LogP contribution is 2.53. The zero-order valence-electron chi connectivity index (χ0n) is 12.1. The predicted octanol–water partition coefficient (Wildman–Crippen LogP) is 4.17. The number of rotatable bonds is 4. The van der Waals surface area contributed by atoms with Gasteiger partial charge in [-0.3, -0.25) is 10.1 Å². The first-order chi connectivity index (χ1) is 11.4. The lowest BCUT2D eigenvalue weighted by Crippen LogP contribution is -2.55. The third kappa shape index (κ3) is 2.93. The van der Waals surface area contributed by atoms with Crippen LogP contribution in [-0.2, 0) is 5.60 Å². The van der Waals surface area contributed by atoms with Gasteiger partial charge in [0.1, 0.15) is 5.82 Å². The van der Waals surface area contributed by atoms with E-state index in [4.69, 9.17) is 0 Å². The van der Waals surface area contributed by atoms with E-state index >= 15 is 0 Å². The number of nitrogens with zero attached hydrogens (tertiary/aromatic N) is 1. The maximum absolute atomic E-state index is 14.2. The van der Waals surface area contributed by atoms with Crippen LogP contribution in [0.3, 0.4) is 0 Å². The lowest BCUT2D eigenvalue weighted by molar-refractivity contribution is -0.389. The molecule has 0 fully saturated rings. The SMILES string of the molecule is O=[N+]([O-])c1ccccc1C(O)(c1cccc(F)c1)C(F)(F)C(F)(F)F. The third-order valence-electron chi connectivity index (χ3n) is 3.54. The predicted molar refractivity (Wildman–Crippen MR) is 73.5 cm³/mol. The number of para-hydroxylation sites is 1. The summed E-state index contributed by atoms with van der Waals surface area (Å²) in [5, 5.41) is 21.5. The summed E-state index contributed by atoms with van der Waals surface area (Å²) in [7, 11) is 0. The highest BCUT2D eigenvalue weighted by Gasteiger charge is 2.72. The Morgan fingerprint density at radius 1 is 0.960 bits per heavy atom. The summed E-state index contributed by atoms with van der Waals surface area (Å²) in [5.74, 6) is -7.05. The molecule has 0 aromatic heterocycles. The van der Waals surface area contributed by atoms with Crippen LogP contribution in [0.5, 0.6) is 0 Å². The lowest BCUT2D eigenvalue weighted by atomic mass is 9.79. The van der Waals surface area contributed by atoms with Crippen LogP contribution < -0.4 is 0 Å². The van der Waals surface area contributed by atoms with Crippen molar-refractivity contribution in [2.45, 2.75) is 17.7 Å². The van der Waals surface area contributed by atoms with Gasteiger partial charge in [0.15, 0.2) is 5.60 Å². The van der Waals surface area contributed by atoms with Crippen LogP contribution >= 0.6 is 0 Å². The monoisotopic (exact) mass is 365 g/mol. The van der Waals surface area contributed by atoms with Crippen LogP contribution in [0.4, 0.5) is 32.0 Å². The summed E-state index contributed by atoms with van der Waals surface area (Å²) in [5.41, 5.74) is -7.87. The minimum absolute atomic E-state index is 0.260. The molecule has 0 heterocycles. The normalized spacial score (nSPS) is 14.8. The van der Waals surface area contributed by atoms with Gasteiger partial charge in [0.05, 0.1) is 10.5 Å². The van der Waals surface area contributed by atoms with Crippen molar-refractivity contribution >= 4 is 5.69 Å². The van der Waals surface area contributed by atoms with E-state index in [1.165, 1.54) is 0 Å². The number of halogens is 6. The van der Waals surface area contributed by atoms with Gasteiger partial charge in [-0.2, -0.15) is 22.0 Å². The fourth-order valence-corrected chi connectivity index (χ4v) is 2.36. The summed E-state index contributed by atoms with van der Waals surface area (Å²) in [4.78, 5) is 9.82. The van der Waals surface area contributed by atoms with Gasteiger partial charge in [0, 0.05) is 6.07 Å². The standard InChI is InChI=1S/C15H9F6NO3/c16-10-5-3-4-9(8-10)13(23,14(17,18)15(19,20)21)11-6-1-2-7-12(11)22(24)25/h1-8,23H. The minimum Gasteiger partial charge on any atom is -0.374 e. The van der Waals surface area contributed by atoms with Crippen molar-refractivity contribution in [3.8, 4) is 0 Å². The van der Waals surface area contributed by atoms with E-state index in [0.29, 0.717) is 18.2 Å². The maximum Gasteiger partial charge on any atom is 0.457 e. The number of alkyl halides is 5. The van der Waals surface area contributed by atoms with Gasteiger partial charge < -0.3 is 5.11 Å². The van der Waals surface area contributed by atoms with Gasteiger partial charge in [0.2, 0.25) is 0 Å². The molecule has 2 rings (SSSR count). The number of nitro groups is 1. The molecule has 25 heavy (non-hydrogen) atoms. The first-order valence-corrected chi connectivity index (χ1v) is 6.59. The van der Waals surface area contributed by atoms with Crippen molar-refractivity contribution in [2.24, 2.45) is 0 Å². The van der Waals surface area contributed by atoms with Crippen LogP contribution in [0.25, 0.3) is 0 Å². The van der Waals surface area contributed by atoms with Crippen LogP contribution in [0.2, 0.25) is 0 Å². The molecule has 0 saturated heterocycles. The fraction of sp³-hybridized carbons (Fsp3) is 0.200. The molecule has 0 saturated carbocycles. The van der Waals surface area contributed by atoms with Gasteiger partial charge >= 0.3 is 12.1 Å². The molecule has 1 N–H and O–H groups in total. The molecule has 0 aliphatic carbocycles. The lowest BCUT2D eigenvalue weighted by Gasteiger charge is -2.37. The zero-order valence-corrected chi connectivity index (χ0v) is 12.1. The summed E-state index contributed by atoms with van der Waals surface area (Å²) in [6, 6.07) is 5.63. The second-order valence-corrected chi connectivity index (χ2v) is 5.07. The molecule has 134 valence electrons. The molecule has 0 amide bonds. The Hall–Kier alpha value is -2.62. The Morgan fingerprint density at radius 3 is 2.08 bits per heavy atom. The Labute approximate surface area is 136 Å². The first kappa shape index (κ1) is 18.7. The molecule has 0 spiro atoms. The van der Waals surface area contributed by atoms with E-state index < -0.39 is 45.3 Å². The number of aliphatic hydroxyl groups is 1. The van der Waals surface area contributed by atoms with E-state index in [9.17, 15) is 41.6 Å². The Bertz CT molecular complexity index is 808. The van der Waals surface area contributed by atoms with Crippen molar-refractivity contribution in [1.82, 2.24) is 0 Å². The van der Waals surface area contributed by atoms with E-state index in [0.717, 1.165) is 24.3 Å². The van der Waals surface area contributed by atoms with Crippen molar-refractivity contribution in [1.29, 1.82) is 0 Å². The molecule has 10 heteroatoms. The van der Waals surface area contributed by atoms with Crippen LogP contribution in [0, 0.1) is 15.9 Å². The average Bonchev–Trinajstić information content (AvgIpc) is 2.52. The van der Waals surface area contributed by atoms with Gasteiger partial charge in [-0.1, -0.05) is 24.3 Å². The molecule has 1 atom stereocenters. The fourth-order valence-electron chi connectivity index (χ4n) is 2.36. The minimum atomic E-state index is -6.27. The second kappa shape index (κ2) is 6.03. The topological polar surface area (TPSA) is 63.4 Å². The highest BCUT2D eigenvalue weighted by atomic mass is 19.4. The smallest absolute Gasteiger partial charge is 0.374 e. The number of benzene rings is 2. The van der Waals surface area contributed by atoms with Crippen molar-refractivity contribution in [2.75, 3.05) is 0 Å². The molecular weight excluding hydrogens is 356 g/mol. The van der Waals surface area contributed by atoms with E-state index in [2.05, 4.69) is 0 Å². The maximum atomic E-state index is 14.2. The first-order valence-electron chi connectivity index (χ1n) is 6.59. The van der Waals surface area contributed by atoms with Gasteiger partial charge in [-0.15, -0.1) is 0 Å². The van der Waals surface area contributed by atoms with Crippen molar-refractivity contribution in [3.63, 3.8) is 0 Å². The molecule has 2 aromatic rings. The van der Waals surface area contributed by atoms with Gasteiger partial charge in [-0.05, 0) is 23.8 Å². The van der Waals surface area contributed by atoms with Gasteiger partial charge in [-0.25, -0.2) is 4.39 Å². The molecule has 0 aliphatic heterocycles. The molecule has 1 unspecified atom stereocenters. The molecule has 0 radical (unpaired) electrons. The highest BCUT2D eigenvalue weighted by molar-refractivity contribution is 5.51. The summed E-state index contributed by atoms with van der Waals surface area (Å²) in [6.07, 6.45) is -6.27. The van der Waals surface area contributed by atoms with Crippen LogP contribution in [0.1, 0.15) is 11.1 Å². The zero-order chi connectivity index (χ0) is 19.0. The summed E-state index contributed by atoms with van der Waals surface area (Å²) in [6.45, 7) is 0. The van der Waals surface area contributed by atoms with Crippen molar-refractivity contribution < 1.29 is 36.4 Å². The quantitative estimate of drug-likeness (QED) is 0.503. The summed E-state index contributed by atoms with van der Waals surface area (Å²) < 4.78 is 80.7. The van der Waals surface area contributed by atoms with Gasteiger partial charge in [0.25, 0.3) is 5.69 Å². The number of hydrogen-bond acceptors (Lipinski definition) is 3. The van der Waals surface area contributed by atoms with Crippen LogP contribution in [-0.4, -0.2) is 22.1 Å². The number of nitro benzene ring substituents is 1. The largest absolute Gasteiger partial charge is 0.457 e. The molecule has 0 bridgehead atoms. The van der Waals surface area contributed by atoms with E-state index in [1.54, 1.807) is 0 Å². The summed E-state index contributed by atoms with van der Waals surface area (Å²) >= 11 is 0. The average molecular weight is 365 g/mol. The Kier molecular flexibility index (Phi) is 4.51. The molecule has 0 aliphatic rings. The van der Waals surface area contributed by atoms with E-state index in [-0.39, 0.29) is 6.07 Å². The molecule has 4 nitrogen and oxygen atoms in total. The molecular formula is C15H9F6NO3. The van der Waals surface area contributed by atoms with E-state index in [1.807, 2.05) is 0 Å². The molecule has 2 aromatic carbocycles. The number of hydrogen-bond donors (Lipinski definition) is 1. The van der Waals surface area contributed by atoms with Crippen LogP contribution in [0.15, 0.2) is 48.5 Å².